The van der Waals surface area contributed by atoms with Gasteiger partial charge in [0.15, 0.2) is 34.2 Å². The number of rotatable bonds is 12. The number of nitrogens with zero attached hydrogens (tertiary/aromatic N) is 7. The lowest BCUT2D eigenvalue weighted by molar-refractivity contribution is -0.155. The topological polar surface area (TPSA) is 573 Å². The fourth-order valence-electron chi connectivity index (χ4n) is 17.5. The van der Waals surface area contributed by atoms with E-state index in [1.807, 2.05) is 41.5 Å². The van der Waals surface area contributed by atoms with Crippen LogP contribution in [0.1, 0.15) is 118 Å². The number of amides is 3. The summed E-state index contributed by atoms with van der Waals surface area (Å²) < 4.78 is 1.58. The number of aromatic hydroxyl groups is 3. The summed E-state index contributed by atoms with van der Waals surface area (Å²) in [4.78, 5) is 127. The predicted octanol–water partition coefficient (Wildman–Crippen LogP) is 2.42. The Morgan fingerprint density at radius 2 is 0.885 bits per heavy atom. The van der Waals surface area contributed by atoms with Gasteiger partial charge in [0.1, 0.15) is 74.1 Å². The number of primary amides is 3. The van der Waals surface area contributed by atoms with Gasteiger partial charge in [-0.1, -0.05) is 5.16 Å². The number of anilines is 1. The highest BCUT2D eigenvalue weighted by Gasteiger charge is 2.68. The number of aliphatic hydroxyl groups is 9. The maximum absolute atomic E-state index is 13.9. The number of oxime groups is 1. The molecule has 1 heterocycles. The third-order valence-corrected chi connectivity index (χ3v) is 22.4. The van der Waals surface area contributed by atoms with Gasteiger partial charge in [-0.3, -0.25) is 57.9 Å². The number of benzene rings is 3. The molecule has 12 atom stereocenters. The number of ketones is 6. The fourth-order valence-corrected chi connectivity index (χ4v) is 17.5. The number of phenolic OH excluding ortho intramolecular Hbond substituents is 3. The number of fused-ring (bicyclic) bond motifs is 9. The zero-order valence-corrected chi connectivity index (χ0v) is 64.2. The number of aromatic nitrogens is 1. The Morgan fingerprint density at radius 1 is 0.540 bits per heavy atom. The summed E-state index contributed by atoms with van der Waals surface area (Å²) in [6, 6.07) is 7.70. The van der Waals surface area contributed by atoms with E-state index in [1.54, 1.807) is 103 Å². The van der Waals surface area contributed by atoms with E-state index in [-0.39, 0.29) is 94.7 Å². The molecule has 0 aliphatic heterocycles. The average Bonchev–Trinajstić information content (AvgIpc) is 0.821. The molecule has 0 spiro atoms. The van der Waals surface area contributed by atoms with Crippen molar-refractivity contribution in [1.82, 2.24) is 24.8 Å². The molecule has 13 rings (SSSR count). The molecule has 9 aliphatic rings. The van der Waals surface area contributed by atoms with Crippen molar-refractivity contribution in [1.29, 1.82) is 0 Å². The largest absolute Gasteiger partial charge is 0.508 e. The number of carbonyl (C=O) groups is 9. The van der Waals surface area contributed by atoms with Crippen LogP contribution in [0.4, 0.5) is 5.69 Å². The highest BCUT2D eigenvalue weighted by molar-refractivity contribution is 6.27. The number of nitrogen functional groups attached to an aromatic ring is 1. The number of nitrogens with one attached hydrogen (secondary N) is 1. The summed E-state index contributed by atoms with van der Waals surface area (Å²) in [5, 5.41) is 146. The normalized spacial score (nSPS) is 27.6. The molecule has 9 aliphatic carbocycles. The van der Waals surface area contributed by atoms with Crippen molar-refractivity contribution in [2.24, 2.45) is 68.1 Å². The fraction of sp³-hybridized carbons (Fsp3) is 0.418. The van der Waals surface area contributed by atoms with E-state index in [0.717, 1.165) is 0 Å². The SMILES string of the molecule is C/C(=N\OC(C)(C)C)c1cc(N)c(O)c2c1C[C@H]1C[C@H]3[C@@H](N(C)C)C(=O)C(C(N)=O)=C(O)[C@@]3(O)C(=O)C1=C2O.CN(C)[C@@H]1C(=O)C(C(N)=O)=C(O)[C@@]2(O)C(=O)C3=C(O)c4c(O)ccc(/C=N/NC(C)(C)C)c4C[C@H]3C[C@@H]12.CN(C)[C@@H]1C(=O)C(C(N)=O)=C(O)[C@@]2(O)C(=O)C3=C(O)c4c(O)ccc(/C=N/n5cccc5)c4C[C@H]3C[C@@H]12. The molecule has 600 valence electrons. The third-order valence-electron chi connectivity index (χ3n) is 22.4. The minimum Gasteiger partial charge on any atom is -0.508 e. The smallest absolute Gasteiger partial charge is 0.255 e. The molecule has 0 radical (unpaired) electrons. The quantitative estimate of drug-likeness (QED) is 0.0318. The van der Waals surface area contributed by atoms with Gasteiger partial charge >= 0.3 is 0 Å². The Labute approximate surface area is 647 Å². The van der Waals surface area contributed by atoms with Crippen LogP contribution in [0.2, 0.25) is 0 Å². The first-order chi connectivity index (χ1) is 52.5. The van der Waals surface area contributed by atoms with Gasteiger partial charge in [-0.05, 0) is 217 Å². The Hall–Kier alpha value is -11.8. The van der Waals surface area contributed by atoms with E-state index in [4.69, 9.17) is 27.8 Å². The Balaban J connectivity index is 0.000000167. The van der Waals surface area contributed by atoms with Gasteiger partial charge in [0.05, 0.1) is 58.6 Å². The molecular weight excluding hydrogens is 1470 g/mol. The summed E-state index contributed by atoms with van der Waals surface area (Å²) in [6.45, 7) is 12.9. The van der Waals surface area contributed by atoms with Crippen molar-refractivity contribution in [2.75, 3.05) is 48.0 Å². The molecular formula is C79H92N12O22. The maximum atomic E-state index is 13.9. The van der Waals surface area contributed by atoms with E-state index in [2.05, 4.69) is 20.8 Å². The number of hydrazone groups is 1. The number of hydrogen-bond donors (Lipinski definition) is 17. The molecule has 0 bridgehead atoms. The lowest BCUT2D eigenvalue weighted by atomic mass is 9.57. The Bertz CT molecular complexity index is 5140. The lowest BCUT2D eigenvalue weighted by Crippen LogP contribution is -2.65. The number of nitrogens with two attached hydrogens (primary N) is 4. The van der Waals surface area contributed by atoms with Gasteiger partial charge in [-0.2, -0.15) is 10.2 Å². The minimum atomic E-state index is -2.71. The minimum absolute atomic E-state index is 0.0211. The first-order valence-corrected chi connectivity index (χ1v) is 36.0. The molecule has 0 saturated heterocycles. The molecule has 3 fully saturated rings. The molecule has 3 aromatic carbocycles. The van der Waals surface area contributed by atoms with Crippen LogP contribution in [0.5, 0.6) is 17.2 Å². The highest BCUT2D eigenvalue weighted by atomic mass is 16.6. The maximum Gasteiger partial charge on any atom is 0.255 e. The summed E-state index contributed by atoms with van der Waals surface area (Å²) in [5.74, 6) is -20.9. The molecule has 0 unspecified atom stereocenters. The molecule has 34 heteroatoms. The number of carbonyl (C=O) groups excluding carboxylic acids is 9. The first kappa shape index (κ1) is 82.1. The lowest BCUT2D eigenvalue weighted by Gasteiger charge is -2.50. The number of likely N-dealkylation sites (N-methyl/N-ethyl adjacent to an activating group) is 3. The molecule has 4 aromatic rings. The van der Waals surface area contributed by atoms with Crippen molar-refractivity contribution in [3.63, 3.8) is 0 Å². The van der Waals surface area contributed by atoms with Crippen molar-refractivity contribution < 1.29 is 109 Å². The molecule has 34 nitrogen and oxygen atoms in total. The zero-order chi connectivity index (χ0) is 83.8. The monoisotopic (exact) mass is 1560 g/mol. The Kier molecular flexibility index (Phi) is 21.1. The van der Waals surface area contributed by atoms with Crippen LogP contribution in [0.15, 0.2) is 121 Å². The van der Waals surface area contributed by atoms with Crippen LogP contribution in [-0.2, 0) is 67.3 Å². The van der Waals surface area contributed by atoms with Gasteiger partial charge in [-0.15, -0.1) is 0 Å². The van der Waals surface area contributed by atoms with Gasteiger partial charge in [0.25, 0.3) is 17.7 Å². The zero-order valence-electron chi connectivity index (χ0n) is 64.2. The number of phenols is 3. The van der Waals surface area contributed by atoms with Crippen molar-refractivity contribution in [3.8, 4) is 17.2 Å². The van der Waals surface area contributed by atoms with Crippen LogP contribution < -0.4 is 28.4 Å². The second-order valence-corrected chi connectivity index (χ2v) is 32.5. The molecule has 3 saturated carbocycles. The van der Waals surface area contributed by atoms with Gasteiger partial charge in [0, 0.05) is 58.0 Å². The summed E-state index contributed by atoms with van der Waals surface area (Å²) >= 11 is 0. The van der Waals surface area contributed by atoms with E-state index < -0.39 is 185 Å². The highest BCUT2D eigenvalue weighted by Crippen LogP contribution is 2.57. The molecule has 3 amide bonds. The summed E-state index contributed by atoms with van der Waals surface area (Å²) in [7, 11) is 9.32. The molecule has 1 aromatic heterocycles. The van der Waals surface area contributed by atoms with Crippen LogP contribution in [0, 0.1) is 35.5 Å². The second-order valence-electron chi connectivity index (χ2n) is 32.5. The predicted molar refractivity (Wildman–Crippen MR) is 408 cm³/mol. The standard InChI is InChI=1S/C27H34N4O8.C26H26N4O7.C26H32N4O7/c1-10(30-39-26(2,3)4)12-9-15(28)20(32)17-13(12)7-11-8-14-19(31(5)6)22(34)18(25(29)37)24(36)27(14,38)23(35)16(11)21(17)33;1-29(2)20-15-10-13-9-14-12(11-28-30-7-3-4-8-30)5-6-16(31)18(14)21(32)17(13)23(34)26(15,37)24(35)19(22(20)33)25(27)36;1-25(2,3)29-28-10-11-6-7-15(31)17-13(11)8-12-9-14-19(30(4)5)21(33)18(24(27)36)23(35)26(14,37)22(34)16(12)20(17)32/h9,11,14,19,32-33,36,38H,7-8,28H2,1-6H3,(H2,29,37);3-8,11,13,15,20,31-32,35,37H,9-10H2,1-2H3,(H2,27,36);6-7,10,12,14,19,29,31-32,35,37H,8-9H2,1-5H3,(H2,27,36)/b30-10+;28-11+;28-10+/t11-,14-,19+,27-;13-,15-,20-,26-;12-,14-,19-,26-/m000/s1. The second kappa shape index (κ2) is 29.0. The third kappa shape index (κ3) is 13.3. The van der Waals surface area contributed by atoms with Crippen LogP contribution in [0.3, 0.4) is 0 Å². The summed E-state index contributed by atoms with van der Waals surface area (Å²) in [6.07, 6.45) is 7.12. The van der Waals surface area contributed by atoms with Crippen molar-refractivity contribution in [3.05, 3.63) is 156 Å². The van der Waals surface area contributed by atoms with Crippen LogP contribution >= 0.6 is 0 Å². The van der Waals surface area contributed by atoms with Crippen molar-refractivity contribution >= 4 is 93.5 Å². The van der Waals surface area contributed by atoms with E-state index >= 15 is 0 Å². The number of aliphatic hydroxyl groups excluding tert-OH is 6. The van der Waals surface area contributed by atoms with Gasteiger partial charge < -0.3 is 94.5 Å². The van der Waals surface area contributed by atoms with Crippen molar-refractivity contribution in [2.45, 2.75) is 133 Å². The average molecular weight is 1560 g/mol. The Morgan fingerprint density at radius 3 is 1.22 bits per heavy atom. The first-order valence-electron chi connectivity index (χ1n) is 36.0. The van der Waals surface area contributed by atoms with E-state index in [9.17, 15) is 104 Å². The van der Waals surface area contributed by atoms with E-state index in [0.29, 0.717) is 39.1 Å². The van der Waals surface area contributed by atoms with Crippen LogP contribution in [-0.4, -0.2) is 240 Å². The summed E-state index contributed by atoms with van der Waals surface area (Å²) in [5.41, 5.74) is 16.4. The van der Waals surface area contributed by atoms with Crippen LogP contribution in [0.25, 0.3) is 17.3 Å². The van der Waals surface area contributed by atoms with E-state index in [1.165, 1.54) is 32.9 Å². The van der Waals surface area contributed by atoms with Gasteiger partial charge in [0.2, 0.25) is 17.3 Å². The molecule has 113 heavy (non-hydrogen) atoms. The van der Waals surface area contributed by atoms with Gasteiger partial charge in [-0.25, -0.2) is 4.68 Å². The number of Topliss-reactive ketones (excluding diaryl/α,β-unsaturated/α-hetero) is 6. The molecule has 21 N–H and O–H groups in total. The number of hydrogen-bond acceptors (Lipinski definition) is 30.